The third-order valence-corrected chi connectivity index (χ3v) is 3.66. The summed E-state index contributed by atoms with van der Waals surface area (Å²) in [5.41, 5.74) is 3.76. The van der Waals surface area contributed by atoms with Crippen LogP contribution in [0.4, 0.5) is 5.69 Å². The predicted octanol–water partition coefficient (Wildman–Crippen LogP) is 3.68. The first-order valence-corrected chi connectivity index (χ1v) is 7.59. The number of amides is 1. The quantitative estimate of drug-likeness (QED) is 0.850. The van der Waals surface area contributed by atoms with Crippen molar-refractivity contribution in [2.45, 2.75) is 20.3 Å². The maximum Gasteiger partial charge on any atom is 0.310 e. The second kappa shape index (κ2) is 7.79. The van der Waals surface area contributed by atoms with Gasteiger partial charge in [-0.15, -0.1) is 0 Å². The maximum atomic E-state index is 11.8. The summed E-state index contributed by atoms with van der Waals surface area (Å²) in [4.78, 5) is 23.5. The van der Waals surface area contributed by atoms with Crippen molar-refractivity contribution in [1.82, 2.24) is 0 Å². The summed E-state index contributed by atoms with van der Waals surface area (Å²) in [6.45, 7) is 3.69. The fourth-order valence-electron chi connectivity index (χ4n) is 2.01. The van der Waals surface area contributed by atoms with E-state index in [1.807, 2.05) is 32.0 Å². The minimum Gasteiger partial charge on any atom is -0.455 e. The van der Waals surface area contributed by atoms with Gasteiger partial charge in [-0.2, -0.15) is 0 Å². The molecule has 120 valence electrons. The zero-order valence-corrected chi connectivity index (χ0v) is 13.8. The minimum atomic E-state index is -0.431. The highest BCUT2D eigenvalue weighted by molar-refractivity contribution is 6.30. The van der Waals surface area contributed by atoms with Crippen molar-refractivity contribution >= 4 is 29.2 Å². The Hall–Kier alpha value is -2.33. The molecule has 0 spiro atoms. The molecule has 23 heavy (non-hydrogen) atoms. The van der Waals surface area contributed by atoms with Crippen LogP contribution in [-0.2, 0) is 20.7 Å². The fourth-order valence-corrected chi connectivity index (χ4v) is 2.13. The van der Waals surface area contributed by atoms with E-state index in [9.17, 15) is 9.59 Å². The number of ether oxygens (including phenoxy) is 1. The zero-order valence-electron chi connectivity index (χ0n) is 13.1. The summed E-state index contributed by atoms with van der Waals surface area (Å²) >= 11 is 5.77. The Morgan fingerprint density at radius 1 is 1.04 bits per heavy atom. The SMILES string of the molecule is Cc1ccc(CC(=O)OCC(=O)Nc2ccc(Cl)cc2)cc1C. The van der Waals surface area contributed by atoms with E-state index in [1.54, 1.807) is 24.3 Å². The molecule has 0 aliphatic rings. The minimum absolute atomic E-state index is 0.148. The highest BCUT2D eigenvalue weighted by atomic mass is 35.5. The highest BCUT2D eigenvalue weighted by Crippen LogP contribution is 2.13. The number of anilines is 1. The number of esters is 1. The normalized spacial score (nSPS) is 10.2. The van der Waals surface area contributed by atoms with Crippen LogP contribution < -0.4 is 5.32 Å². The van der Waals surface area contributed by atoms with E-state index < -0.39 is 5.97 Å². The lowest BCUT2D eigenvalue weighted by atomic mass is 10.0. The van der Waals surface area contributed by atoms with E-state index in [-0.39, 0.29) is 18.9 Å². The van der Waals surface area contributed by atoms with Crippen LogP contribution in [0.1, 0.15) is 16.7 Å². The van der Waals surface area contributed by atoms with Crippen molar-refractivity contribution in [3.63, 3.8) is 0 Å². The molecule has 2 aromatic carbocycles. The molecule has 1 amide bonds. The number of rotatable bonds is 5. The molecule has 0 aliphatic heterocycles. The monoisotopic (exact) mass is 331 g/mol. The molecule has 0 saturated heterocycles. The van der Waals surface area contributed by atoms with E-state index in [0.29, 0.717) is 10.7 Å². The fraction of sp³-hybridized carbons (Fsp3) is 0.222. The van der Waals surface area contributed by atoms with Crippen molar-refractivity contribution in [2.24, 2.45) is 0 Å². The first-order chi connectivity index (χ1) is 10.9. The number of carbonyl (C=O) groups is 2. The molecule has 0 atom stereocenters. The molecule has 2 rings (SSSR count). The summed E-state index contributed by atoms with van der Waals surface area (Å²) in [5, 5.41) is 3.22. The summed E-state index contributed by atoms with van der Waals surface area (Å²) in [7, 11) is 0. The Kier molecular flexibility index (Phi) is 5.77. The molecule has 2 aromatic rings. The van der Waals surface area contributed by atoms with Gasteiger partial charge in [-0.05, 0) is 54.8 Å². The molecule has 0 radical (unpaired) electrons. The van der Waals surface area contributed by atoms with Crippen LogP contribution in [-0.4, -0.2) is 18.5 Å². The lowest BCUT2D eigenvalue weighted by molar-refractivity contribution is -0.146. The van der Waals surface area contributed by atoms with E-state index >= 15 is 0 Å². The van der Waals surface area contributed by atoms with E-state index in [1.165, 1.54) is 5.56 Å². The van der Waals surface area contributed by atoms with Gasteiger partial charge >= 0.3 is 5.97 Å². The predicted molar refractivity (Wildman–Crippen MR) is 90.7 cm³/mol. The molecule has 4 nitrogen and oxygen atoms in total. The van der Waals surface area contributed by atoms with E-state index in [2.05, 4.69) is 5.32 Å². The van der Waals surface area contributed by atoms with Gasteiger partial charge in [0, 0.05) is 10.7 Å². The molecule has 0 saturated carbocycles. The van der Waals surface area contributed by atoms with Crippen molar-refractivity contribution in [2.75, 3.05) is 11.9 Å². The van der Waals surface area contributed by atoms with Gasteiger partial charge in [0.05, 0.1) is 6.42 Å². The lowest BCUT2D eigenvalue weighted by Gasteiger charge is -2.08. The first kappa shape index (κ1) is 17.0. The van der Waals surface area contributed by atoms with Gasteiger partial charge < -0.3 is 10.1 Å². The summed E-state index contributed by atoms with van der Waals surface area (Å²) < 4.78 is 5.00. The third-order valence-electron chi connectivity index (χ3n) is 3.41. The molecule has 0 unspecified atom stereocenters. The standard InChI is InChI=1S/C18H18ClNO3/c1-12-3-4-14(9-13(12)2)10-18(22)23-11-17(21)20-16-7-5-15(19)6-8-16/h3-9H,10-11H2,1-2H3,(H,20,21). The van der Waals surface area contributed by atoms with Gasteiger partial charge in [-0.1, -0.05) is 29.8 Å². The van der Waals surface area contributed by atoms with Crippen LogP contribution in [0.15, 0.2) is 42.5 Å². The van der Waals surface area contributed by atoms with Gasteiger partial charge in [-0.25, -0.2) is 0 Å². The average Bonchev–Trinajstić information content (AvgIpc) is 2.51. The number of nitrogens with one attached hydrogen (secondary N) is 1. The van der Waals surface area contributed by atoms with Crippen LogP contribution in [0.25, 0.3) is 0 Å². The van der Waals surface area contributed by atoms with Crippen molar-refractivity contribution in [3.8, 4) is 0 Å². The van der Waals surface area contributed by atoms with Gasteiger partial charge in [0.15, 0.2) is 6.61 Å². The number of hydrogen-bond acceptors (Lipinski definition) is 3. The Morgan fingerprint density at radius 2 is 1.74 bits per heavy atom. The molecule has 0 aliphatic carbocycles. The van der Waals surface area contributed by atoms with Gasteiger partial charge in [0.1, 0.15) is 0 Å². The van der Waals surface area contributed by atoms with Gasteiger partial charge in [-0.3, -0.25) is 9.59 Å². The molecule has 0 fully saturated rings. The smallest absolute Gasteiger partial charge is 0.310 e. The molecule has 5 heteroatoms. The maximum absolute atomic E-state index is 11.8. The molecular formula is C18H18ClNO3. The summed E-state index contributed by atoms with van der Waals surface area (Å²) in [5.74, 6) is -0.819. The van der Waals surface area contributed by atoms with Crippen molar-refractivity contribution in [3.05, 3.63) is 64.2 Å². The summed E-state index contributed by atoms with van der Waals surface area (Å²) in [6, 6.07) is 12.5. The number of aryl methyl sites for hydroxylation is 2. The van der Waals surface area contributed by atoms with Crippen LogP contribution >= 0.6 is 11.6 Å². The lowest BCUT2D eigenvalue weighted by Crippen LogP contribution is -2.21. The topological polar surface area (TPSA) is 55.4 Å². The van der Waals surface area contributed by atoms with Crippen LogP contribution in [0, 0.1) is 13.8 Å². The highest BCUT2D eigenvalue weighted by Gasteiger charge is 2.09. The zero-order chi connectivity index (χ0) is 16.8. The van der Waals surface area contributed by atoms with Crippen LogP contribution in [0.3, 0.4) is 0 Å². The Morgan fingerprint density at radius 3 is 2.39 bits per heavy atom. The number of halogens is 1. The number of carbonyl (C=O) groups excluding carboxylic acids is 2. The average molecular weight is 332 g/mol. The van der Waals surface area contributed by atoms with Gasteiger partial charge in [0.2, 0.25) is 0 Å². The van der Waals surface area contributed by atoms with E-state index in [0.717, 1.165) is 11.1 Å². The molecule has 1 N–H and O–H groups in total. The largest absolute Gasteiger partial charge is 0.455 e. The van der Waals surface area contributed by atoms with Crippen molar-refractivity contribution < 1.29 is 14.3 Å². The van der Waals surface area contributed by atoms with Gasteiger partial charge in [0.25, 0.3) is 5.91 Å². The van der Waals surface area contributed by atoms with Crippen molar-refractivity contribution in [1.29, 1.82) is 0 Å². The summed E-state index contributed by atoms with van der Waals surface area (Å²) in [6.07, 6.45) is 0.148. The Balaban J connectivity index is 1.80. The third kappa shape index (κ3) is 5.42. The molecule has 0 aromatic heterocycles. The Labute approximate surface area is 140 Å². The number of benzene rings is 2. The first-order valence-electron chi connectivity index (χ1n) is 7.21. The molecule has 0 heterocycles. The molecule has 0 bridgehead atoms. The molecular weight excluding hydrogens is 314 g/mol. The second-order valence-corrected chi connectivity index (χ2v) is 5.75. The second-order valence-electron chi connectivity index (χ2n) is 5.31. The Bertz CT molecular complexity index is 711. The van der Waals surface area contributed by atoms with Crippen LogP contribution in [0.5, 0.6) is 0 Å². The number of hydrogen-bond donors (Lipinski definition) is 1. The van der Waals surface area contributed by atoms with E-state index in [4.69, 9.17) is 16.3 Å². The van der Waals surface area contributed by atoms with Crippen LogP contribution in [0.2, 0.25) is 5.02 Å².